The van der Waals surface area contributed by atoms with Crippen molar-refractivity contribution in [2.45, 2.75) is 27.4 Å². The molecular formula is C47H35IrN3O-2. The molecule has 5 aromatic carbocycles. The van der Waals surface area contributed by atoms with Crippen molar-refractivity contribution < 1.29 is 41.0 Å². The van der Waals surface area contributed by atoms with Gasteiger partial charge in [0.2, 0.25) is 5.71 Å². The maximum Gasteiger partial charge on any atom is 0.216 e. The van der Waals surface area contributed by atoms with Crippen molar-refractivity contribution in [3.05, 3.63) is 174 Å². The Balaban J connectivity index is 0.000000201. The van der Waals surface area contributed by atoms with Crippen LogP contribution in [0.3, 0.4) is 0 Å². The van der Waals surface area contributed by atoms with Crippen molar-refractivity contribution in [3.8, 4) is 44.8 Å². The Hall–Kier alpha value is -5.74. The Labute approximate surface area is 334 Å². The summed E-state index contributed by atoms with van der Waals surface area (Å²) < 4.78 is 97.5. The molecule has 9 aromatic rings. The van der Waals surface area contributed by atoms with Gasteiger partial charge in [0.05, 0.1) is 5.58 Å². The molecule has 9 rings (SSSR count). The van der Waals surface area contributed by atoms with Crippen LogP contribution in [-0.4, -0.2) is 15.0 Å². The minimum absolute atomic E-state index is 0. The summed E-state index contributed by atoms with van der Waals surface area (Å²) in [4.78, 5) is 13.0. The van der Waals surface area contributed by atoms with Crippen molar-refractivity contribution in [1.82, 2.24) is 15.0 Å². The molecule has 0 saturated carbocycles. The Morgan fingerprint density at radius 1 is 0.635 bits per heavy atom. The number of aromatic nitrogens is 3. The molecule has 5 heteroatoms. The normalized spacial score (nSPS) is 15.3. The van der Waals surface area contributed by atoms with Crippen molar-refractivity contribution >= 4 is 32.8 Å². The van der Waals surface area contributed by atoms with Crippen LogP contribution < -0.4 is 0 Å². The van der Waals surface area contributed by atoms with Crippen molar-refractivity contribution in [2.75, 3.05) is 0 Å². The molecule has 255 valence electrons. The smallest absolute Gasteiger partial charge is 0.216 e. The average Bonchev–Trinajstić information content (AvgIpc) is 3.64. The van der Waals surface area contributed by atoms with E-state index in [2.05, 4.69) is 27.1 Å². The number of nitrogens with zero attached hydrogens (tertiary/aromatic N) is 3. The van der Waals surface area contributed by atoms with Gasteiger partial charge in [0.25, 0.3) is 0 Å². The topological polar surface area (TPSA) is 51.8 Å². The second-order valence-electron chi connectivity index (χ2n) is 11.9. The molecule has 0 atom stereocenters. The van der Waals surface area contributed by atoms with Gasteiger partial charge in [-0.1, -0.05) is 108 Å². The predicted octanol–water partition coefficient (Wildman–Crippen LogP) is 12.1. The summed E-state index contributed by atoms with van der Waals surface area (Å²) in [5.41, 5.74) is 7.15. The van der Waals surface area contributed by atoms with Crippen LogP contribution in [0.15, 0.2) is 144 Å². The first-order chi connectivity index (χ1) is 29.7. The number of rotatable bonds is 4. The van der Waals surface area contributed by atoms with E-state index < -0.39 is 27.4 Å². The van der Waals surface area contributed by atoms with Crippen LogP contribution in [-0.2, 0) is 20.1 Å². The fraction of sp³-hybridized carbons (Fsp3) is 0.0851. The van der Waals surface area contributed by atoms with Crippen LogP contribution in [0.2, 0.25) is 0 Å². The molecule has 0 N–H and O–H groups in total. The second kappa shape index (κ2) is 14.9. The fourth-order valence-electron chi connectivity index (χ4n) is 6.03. The van der Waals surface area contributed by atoms with Crippen LogP contribution in [0.1, 0.15) is 38.8 Å². The van der Waals surface area contributed by atoms with Crippen molar-refractivity contribution in [2.24, 2.45) is 0 Å². The third-order valence-corrected chi connectivity index (χ3v) is 8.56. The SMILES string of the molecule is [2H]C([2H])([2H])c1ccc(-c2[c-]cc(C([2H])([2H])[2H])c(-c3ccccc3)c2)nc1.[2H]C([2H])([2H])c1ccc2cc(-c3ccnc(-c4[c-]ccc5c4oc4nc(C([2H])([2H])[2H])ccc45)c3)ccc2c1.[Ir]. The Morgan fingerprint density at radius 3 is 2.31 bits per heavy atom. The van der Waals surface area contributed by atoms with Crippen LogP contribution in [0, 0.1) is 39.5 Å². The fourth-order valence-corrected chi connectivity index (χ4v) is 6.03. The van der Waals surface area contributed by atoms with Crippen LogP contribution in [0.5, 0.6) is 0 Å². The maximum absolute atomic E-state index is 7.77. The number of pyridine rings is 3. The average molecular weight is 862 g/mol. The monoisotopic (exact) mass is 862 g/mol. The molecule has 0 aliphatic heterocycles. The zero-order valence-electron chi connectivity index (χ0n) is 39.4. The summed E-state index contributed by atoms with van der Waals surface area (Å²) in [6.07, 6.45) is 3.03. The third-order valence-electron chi connectivity index (χ3n) is 8.56. The first-order valence-electron chi connectivity index (χ1n) is 22.1. The van der Waals surface area contributed by atoms with Gasteiger partial charge in [-0.3, -0.25) is 0 Å². The van der Waals surface area contributed by atoms with E-state index in [4.69, 9.17) is 20.9 Å². The van der Waals surface area contributed by atoms with Gasteiger partial charge in [0.1, 0.15) is 0 Å². The van der Waals surface area contributed by atoms with E-state index in [-0.39, 0.29) is 42.6 Å². The van der Waals surface area contributed by atoms with Gasteiger partial charge in [-0.15, -0.1) is 47.5 Å². The van der Waals surface area contributed by atoms with Gasteiger partial charge in [0.15, 0.2) is 0 Å². The molecule has 1 radical (unpaired) electrons. The molecule has 4 nitrogen and oxygen atoms in total. The number of furan rings is 1. The number of aryl methyl sites for hydroxylation is 4. The van der Waals surface area contributed by atoms with Crippen molar-refractivity contribution in [3.63, 3.8) is 0 Å². The Morgan fingerprint density at radius 2 is 1.48 bits per heavy atom. The van der Waals surface area contributed by atoms with Crippen LogP contribution in [0.25, 0.3) is 77.6 Å². The number of hydrogen-bond donors (Lipinski definition) is 0. The van der Waals surface area contributed by atoms with E-state index in [1.165, 1.54) is 24.4 Å². The van der Waals surface area contributed by atoms with Gasteiger partial charge in [0, 0.05) is 60.0 Å². The van der Waals surface area contributed by atoms with Gasteiger partial charge < -0.3 is 14.4 Å². The third kappa shape index (κ3) is 7.07. The molecule has 0 aliphatic carbocycles. The van der Waals surface area contributed by atoms with E-state index in [0.29, 0.717) is 39.2 Å². The van der Waals surface area contributed by atoms with E-state index in [9.17, 15) is 0 Å². The summed E-state index contributed by atoms with van der Waals surface area (Å²) in [5, 5.41) is 3.32. The zero-order chi connectivity index (χ0) is 44.9. The summed E-state index contributed by atoms with van der Waals surface area (Å²) in [6, 6.07) is 43.5. The molecule has 4 heterocycles. The molecule has 0 amide bonds. The minimum atomic E-state index is -2.33. The Kier molecular flexibility index (Phi) is 6.55. The van der Waals surface area contributed by atoms with Gasteiger partial charge in [-0.2, -0.15) is 0 Å². The van der Waals surface area contributed by atoms with Crippen LogP contribution >= 0.6 is 0 Å². The Bertz CT molecular complexity index is 3120. The largest absolute Gasteiger partial charge is 0.486 e. The van der Waals surface area contributed by atoms with Crippen molar-refractivity contribution in [1.29, 1.82) is 0 Å². The zero-order valence-corrected chi connectivity index (χ0v) is 29.8. The molecule has 0 saturated heterocycles. The van der Waals surface area contributed by atoms with E-state index >= 15 is 0 Å². The van der Waals surface area contributed by atoms with E-state index in [1.807, 2.05) is 72.8 Å². The first kappa shape index (κ1) is 22.9. The maximum atomic E-state index is 7.77. The molecular weight excluding hydrogens is 815 g/mol. The first-order valence-corrected chi connectivity index (χ1v) is 16.1. The summed E-state index contributed by atoms with van der Waals surface area (Å²) in [5.74, 6) is 0. The minimum Gasteiger partial charge on any atom is -0.486 e. The van der Waals surface area contributed by atoms with E-state index in [1.54, 1.807) is 42.6 Å². The molecule has 0 aliphatic rings. The molecule has 4 aromatic heterocycles. The van der Waals surface area contributed by atoms with E-state index in [0.717, 1.165) is 38.2 Å². The van der Waals surface area contributed by atoms with Gasteiger partial charge >= 0.3 is 0 Å². The summed E-state index contributed by atoms with van der Waals surface area (Å²) >= 11 is 0. The summed E-state index contributed by atoms with van der Waals surface area (Å²) in [7, 11) is 0. The molecule has 52 heavy (non-hydrogen) atoms. The van der Waals surface area contributed by atoms with Crippen LogP contribution in [0.4, 0.5) is 0 Å². The molecule has 0 spiro atoms. The summed E-state index contributed by atoms with van der Waals surface area (Å²) in [6.45, 7) is -8.95. The quantitative estimate of drug-likeness (QED) is 0.165. The predicted molar refractivity (Wildman–Crippen MR) is 209 cm³/mol. The number of benzene rings is 5. The second-order valence-corrected chi connectivity index (χ2v) is 11.9. The molecule has 0 bridgehead atoms. The number of hydrogen-bond acceptors (Lipinski definition) is 4. The van der Waals surface area contributed by atoms with Gasteiger partial charge in [-0.05, 0) is 89.2 Å². The van der Waals surface area contributed by atoms with Gasteiger partial charge in [-0.25, -0.2) is 4.98 Å². The number of fused-ring (bicyclic) bond motifs is 4. The standard InChI is InChI=1S/C28H19N2O.C19H16N.Ir/c1-17-6-8-20-15-21(10-9-19(20)14-17)22-12-13-29-26(16-22)25-5-3-4-23-24-11-7-18(2)30-28(24)31-27(23)25;1-14-8-11-19(20-13-14)17-10-9-15(2)18(12-17)16-6-4-3-5-7-16;/h3-4,6-16H,1-2H3;3-9,11-13H,1-2H3;/q2*-1;/i2*1D3,2D3;. The molecule has 0 fully saturated rings. The molecule has 0 unspecified atom stereocenters.